The van der Waals surface area contributed by atoms with Gasteiger partial charge in [-0.2, -0.15) is 13.2 Å². The van der Waals surface area contributed by atoms with E-state index in [2.05, 4.69) is 0 Å². The standard InChI is InChI=1S/C14H6F6O/c15-10-6-12(17)11(16)5-9(10)13(21)7-2-1-3-8(4-7)14(18,19)20/h1-6H. The zero-order chi connectivity index (χ0) is 15.8. The van der Waals surface area contributed by atoms with Crippen molar-refractivity contribution in [1.29, 1.82) is 0 Å². The molecule has 0 aliphatic carbocycles. The van der Waals surface area contributed by atoms with Crippen LogP contribution in [0, 0.1) is 17.5 Å². The van der Waals surface area contributed by atoms with Gasteiger partial charge in [-0.15, -0.1) is 0 Å². The fraction of sp³-hybridized carbons (Fsp3) is 0.0714. The average molecular weight is 304 g/mol. The maximum atomic E-state index is 13.5. The van der Waals surface area contributed by atoms with E-state index in [4.69, 9.17) is 0 Å². The Hall–Kier alpha value is -2.31. The van der Waals surface area contributed by atoms with Gasteiger partial charge < -0.3 is 0 Å². The zero-order valence-corrected chi connectivity index (χ0v) is 10.1. The van der Waals surface area contributed by atoms with Crippen molar-refractivity contribution in [2.24, 2.45) is 0 Å². The molecular weight excluding hydrogens is 298 g/mol. The minimum Gasteiger partial charge on any atom is -0.288 e. The summed E-state index contributed by atoms with van der Waals surface area (Å²) in [7, 11) is 0. The molecule has 0 radical (unpaired) electrons. The number of carbonyl (C=O) groups excluding carboxylic acids is 1. The zero-order valence-electron chi connectivity index (χ0n) is 10.1. The van der Waals surface area contributed by atoms with Crippen molar-refractivity contribution in [2.45, 2.75) is 6.18 Å². The molecule has 0 aromatic heterocycles. The van der Waals surface area contributed by atoms with Crippen LogP contribution in [0.1, 0.15) is 21.5 Å². The Labute approximate surface area is 114 Å². The van der Waals surface area contributed by atoms with Crippen LogP contribution < -0.4 is 0 Å². The quantitative estimate of drug-likeness (QED) is 0.458. The second-order valence-corrected chi connectivity index (χ2v) is 4.15. The van der Waals surface area contributed by atoms with Gasteiger partial charge in [-0.05, 0) is 18.2 Å². The summed E-state index contributed by atoms with van der Waals surface area (Å²) < 4.78 is 76.9. The molecule has 21 heavy (non-hydrogen) atoms. The predicted molar refractivity (Wildman–Crippen MR) is 61.2 cm³/mol. The number of alkyl halides is 3. The molecule has 2 aromatic carbocycles. The van der Waals surface area contributed by atoms with Gasteiger partial charge in [0.05, 0.1) is 11.1 Å². The number of carbonyl (C=O) groups is 1. The highest BCUT2D eigenvalue weighted by molar-refractivity contribution is 6.09. The molecule has 0 saturated carbocycles. The van der Waals surface area contributed by atoms with Crippen LogP contribution in [-0.4, -0.2) is 5.78 Å². The van der Waals surface area contributed by atoms with E-state index in [1.165, 1.54) is 0 Å². The summed E-state index contributed by atoms with van der Waals surface area (Å²) >= 11 is 0. The van der Waals surface area contributed by atoms with E-state index in [0.717, 1.165) is 18.2 Å². The van der Waals surface area contributed by atoms with Crippen LogP contribution in [-0.2, 0) is 6.18 Å². The summed E-state index contributed by atoms with van der Waals surface area (Å²) in [5, 5.41) is 0. The van der Waals surface area contributed by atoms with Crippen molar-refractivity contribution in [2.75, 3.05) is 0 Å². The van der Waals surface area contributed by atoms with Crippen LogP contribution in [0.5, 0.6) is 0 Å². The molecule has 1 nitrogen and oxygen atoms in total. The second kappa shape index (κ2) is 5.23. The van der Waals surface area contributed by atoms with Crippen LogP contribution in [0.15, 0.2) is 36.4 Å². The van der Waals surface area contributed by atoms with Crippen molar-refractivity contribution in [3.63, 3.8) is 0 Å². The minimum atomic E-state index is -4.68. The molecule has 7 heteroatoms. The lowest BCUT2D eigenvalue weighted by atomic mass is 10.0. The normalized spacial score (nSPS) is 11.5. The Morgan fingerprint density at radius 3 is 2.10 bits per heavy atom. The number of hydrogen-bond acceptors (Lipinski definition) is 1. The Kier molecular flexibility index (Phi) is 3.76. The number of benzene rings is 2. The fourth-order valence-electron chi connectivity index (χ4n) is 1.69. The van der Waals surface area contributed by atoms with Gasteiger partial charge in [0.2, 0.25) is 0 Å². The largest absolute Gasteiger partial charge is 0.416 e. The fourth-order valence-corrected chi connectivity index (χ4v) is 1.69. The third-order valence-corrected chi connectivity index (χ3v) is 2.71. The maximum absolute atomic E-state index is 13.5. The van der Waals surface area contributed by atoms with Gasteiger partial charge in [0.1, 0.15) is 5.82 Å². The second-order valence-electron chi connectivity index (χ2n) is 4.15. The lowest BCUT2D eigenvalue weighted by molar-refractivity contribution is -0.137. The van der Waals surface area contributed by atoms with Crippen molar-refractivity contribution in [3.8, 4) is 0 Å². The van der Waals surface area contributed by atoms with Crippen molar-refractivity contribution in [3.05, 3.63) is 70.5 Å². The lowest BCUT2D eigenvalue weighted by Crippen LogP contribution is -2.10. The molecule has 0 aliphatic rings. The topological polar surface area (TPSA) is 17.1 Å². The van der Waals surface area contributed by atoms with Crippen molar-refractivity contribution < 1.29 is 31.1 Å². The van der Waals surface area contributed by atoms with Crippen LogP contribution in [0.3, 0.4) is 0 Å². The third-order valence-electron chi connectivity index (χ3n) is 2.71. The monoisotopic (exact) mass is 304 g/mol. The molecule has 2 aromatic rings. The highest BCUT2D eigenvalue weighted by atomic mass is 19.4. The van der Waals surface area contributed by atoms with Gasteiger partial charge in [-0.3, -0.25) is 4.79 Å². The number of hydrogen-bond donors (Lipinski definition) is 0. The van der Waals surface area contributed by atoms with Crippen LogP contribution in [0.4, 0.5) is 26.3 Å². The molecule has 0 saturated heterocycles. The summed E-state index contributed by atoms with van der Waals surface area (Å²) in [6.45, 7) is 0. The molecule has 0 N–H and O–H groups in total. The predicted octanol–water partition coefficient (Wildman–Crippen LogP) is 4.35. The first-order valence-electron chi connectivity index (χ1n) is 5.56. The summed E-state index contributed by atoms with van der Waals surface area (Å²) in [6.07, 6.45) is -4.68. The molecule has 2 rings (SSSR count). The molecule has 0 atom stereocenters. The number of ketones is 1. The highest BCUT2D eigenvalue weighted by Gasteiger charge is 2.31. The van der Waals surface area contributed by atoms with Crippen molar-refractivity contribution >= 4 is 5.78 Å². The minimum absolute atomic E-state index is 0.163. The van der Waals surface area contributed by atoms with Gasteiger partial charge >= 0.3 is 6.18 Å². The Morgan fingerprint density at radius 2 is 1.48 bits per heavy atom. The van der Waals surface area contributed by atoms with Crippen LogP contribution >= 0.6 is 0 Å². The highest BCUT2D eigenvalue weighted by Crippen LogP contribution is 2.30. The van der Waals surface area contributed by atoms with E-state index >= 15 is 0 Å². The molecule has 0 spiro atoms. The van der Waals surface area contributed by atoms with Crippen molar-refractivity contribution in [1.82, 2.24) is 0 Å². The smallest absolute Gasteiger partial charge is 0.288 e. The molecule has 110 valence electrons. The maximum Gasteiger partial charge on any atom is 0.416 e. The molecule has 0 fully saturated rings. The summed E-state index contributed by atoms with van der Waals surface area (Å²) in [5.41, 5.74) is -2.42. The summed E-state index contributed by atoms with van der Waals surface area (Å²) in [4.78, 5) is 11.9. The lowest BCUT2D eigenvalue weighted by Gasteiger charge is -2.09. The first-order chi connectivity index (χ1) is 9.70. The van der Waals surface area contributed by atoms with E-state index in [9.17, 15) is 31.1 Å². The van der Waals surface area contributed by atoms with Crippen LogP contribution in [0.25, 0.3) is 0 Å². The van der Waals surface area contributed by atoms with Gasteiger partial charge in [-0.25, -0.2) is 13.2 Å². The first-order valence-corrected chi connectivity index (χ1v) is 5.56. The Balaban J connectivity index is 2.48. The third kappa shape index (κ3) is 3.07. The molecule has 0 aliphatic heterocycles. The van der Waals surface area contributed by atoms with Gasteiger partial charge in [0, 0.05) is 11.6 Å². The number of halogens is 6. The van der Waals surface area contributed by atoms with E-state index in [-0.39, 0.29) is 6.07 Å². The van der Waals surface area contributed by atoms with E-state index in [1.54, 1.807) is 0 Å². The average Bonchev–Trinajstić information content (AvgIpc) is 2.41. The summed E-state index contributed by atoms with van der Waals surface area (Å²) in [5.74, 6) is -5.48. The molecule has 0 bridgehead atoms. The van der Waals surface area contributed by atoms with Crippen LogP contribution in [0.2, 0.25) is 0 Å². The number of rotatable bonds is 2. The van der Waals surface area contributed by atoms with Gasteiger partial charge in [0.25, 0.3) is 0 Å². The summed E-state index contributed by atoms with van der Waals surface area (Å²) in [6, 6.07) is 3.72. The Morgan fingerprint density at radius 1 is 0.857 bits per heavy atom. The molecule has 0 unspecified atom stereocenters. The van der Waals surface area contributed by atoms with E-state index in [1.807, 2.05) is 0 Å². The SMILES string of the molecule is O=C(c1cccc(C(F)(F)F)c1)c1cc(F)c(F)cc1F. The Bertz CT molecular complexity index is 705. The molecular formula is C14H6F6O. The van der Waals surface area contributed by atoms with Gasteiger partial charge in [-0.1, -0.05) is 12.1 Å². The molecule has 0 heterocycles. The first kappa shape index (κ1) is 15.1. The molecule has 0 amide bonds. The van der Waals surface area contributed by atoms with E-state index < -0.39 is 46.1 Å². The van der Waals surface area contributed by atoms with E-state index in [0.29, 0.717) is 12.1 Å². The van der Waals surface area contributed by atoms with Gasteiger partial charge in [0.15, 0.2) is 17.4 Å².